The average molecular weight is 574 g/mol. The van der Waals surface area contributed by atoms with Crippen molar-refractivity contribution in [2.45, 2.75) is 79.2 Å². The van der Waals surface area contributed by atoms with Crippen LogP contribution in [0.25, 0.3) is 0 Å². The molecule has 0 bridgehead atoms. The molecule has 0 unspecified atom stereocenters. The van der Waals surface area contributed by atoms with E-state index in [0.717, 1.165) is 40.9 Å². The summed E-state index contributed by atoms with van der Waals surface area (Å²) in [6.07, 6.45) is 4.78. The first-order valence-corrected chi connectivity index (χ1v) is 14.9. The molecule has 0 atom stereocenters. The number of ketones is 2. The molecule has 3 aliphatic rings. The highest BCUT2D eigenvalue weighted by atomic mass is 35.5. The first-order chi connectivity index (χ1) is 19.4. The summed E-state index contributed by atoms with van der Waals surface area (Å²) in [6, 6.07) is 11.6. The van der Waals surface area contributed by atoms with Gasteiger partial charge in [0.15, 0.2) is 23.1 Å². The van der Waals surface area contributed by atoms with Gasteiger partial charge in [0.05, 0.1) is 6.61 Å². The van der Waals surface area contributed by atoms with Crippen molar-refractivity contribution >= 4 is 23.2 Å². The number of dihydropyridines is 1. The summed E-state index contributed by atoms with van der Waals surface area (Å²) in [6.45, 7) is 15.2. The molecule has 5 rings (SSSR count). The van der Waals surface area contributed by atoms with Gasteiger partial charge in [0.25, 0.3) is 0 Å². The molecular weight excluding hydrogens is 534 g/mol. The number of hydrogen-bond acceptors (Lipinski definition) is 5. The van der Waals surface area contributed by atoms with Gasteiger partial charge in [-0.3, -0.25) is 9.59 Å². The summed E-state index contributed by atoms with van der Waals surface area (Å²) in [5, 5.41) is 4.23. The van der Waals surface area contributed by atoms with Crippen LogP contribution < -0.4 is 14.8 Å². The molecule has 0 aromatic heterocycles. The van der Waals surface area contributed by atoms with E-state index in [2.05, 4.69) is 45.7 Å². The Balaban J connectivity index is 1.67. The Labute approximate surface area is 248 Å². The molecule has 216 valence electrons. The van der Waals surface area contributed by atoms with Crippen molar-refractivity contribution < 1.29 is 19.1 Å². The Kier molecular flexibility index (Phi) is 7.95. The third-order valence-corrected chi connectivity index (χ3v) is 8.57. The molecule has 2 aliphatic carbocycles. The highest BCUT2D eigenvalue weighted by Crippen LogP contribution is 2.52. The lowest BCUT2D eigenvalue weighted by molar-refractivity contribution is -0.119. The first kappa shape index (κ1) is 29.2. The number of benzene rings is 2. The first-order valence-electron chi connectivity index (χ1n) is 14.5. The van der Waals surface area contributed by atoms with Gasteiger partial charge in [0, 0.05) is 57.4 Å². The maximum Gasteiger partial charge on any atom is 0.165 e. The largest absolute Gasteiger partial charge is 0.490 e. The average Bonchev–Trinajstić information content (AvgIpc) is 2.86. The number of carbonyl (C=O) groups is 2. The van der Waals surface area contributed by atoms with Crippen LogP contribution >= 0.6 is 11.6 Å². The number of hydrogen-bond donors (Lipinski definition) is 1. The van der Waals surface area contributed by atoms with Gasteiger partial charge in [-0.1, -0.05) is 69.6 Å². The molecule has 2 aromatic rings. The number of carbonyl (C=O) groups excluding carboxylic acids is 2. The summed E-state index contributed by atoms with van der Waals surface area (Å²) in [5.74, 6) is 0.957. The number of ether oxygens (including phenoxy) is 2. The predicted octanol–water partition coefficient (Wildman–Crippen LogP) is 8.02. The molecule has 6 heteroatoms. The molecule has 0 spiro atoms. The normalized spacial score (nSPS) is 19.9. The van der Waals surface area contributed by atoms with Crippen LogP contribution in [0.5, 0.6) is 11.5 Å². The Morgan fingerprint density at radius 3 is 2.10 bits per heavy atom. The SMILES string of the molecule is C=CCc1cc(C2C3=C(CC(C)(C)CC3=O)NC3=C2C(=O)CC(C)(C)C3)cc(OCC)c1OCc1ccccc1Cl. The van der Waals surface area contributed by atoms with Gasteiger partial charge in [-0.2, -0.15) is 0 Å². The van der Waals surface area contributed by atoms with Crippen molar-refractivity contribution in [3.05, 3.63) is 93.3 Å². The zero-order chi connectivity index (χ0) is 29.5. The molecule has 1 heterocycles. The molecule has 5 nitrogen and oxygen atoms in total. The van der Waals surface area contributed by atoms with Crippen molar-refractivity contribution in [1.82, 2.24) is 5.32 Å². The lowest BCUT2D eigenvalue weighted by Gasteiger charge is -2.44. The van der Waals surface area contributed by atoms with Gasteiger partial charge in [0.2, 0.25) is 0 Å². The minimum atomic E-state index is -0.450. The number of nitrogens with one attached hydrogen (secondary N) is 1. The van der Waals surface area contributed by atoms with Crippen molar-refractivity contribution in [2.75, 3.05) is 6.61 Å². The van der Waals surface area contributed by atoms with E-state index in [4.69, 9.17) is 21.1 Å². The number of allylic oxidation sites excluding steroid dienone is 5. The van der Waals surface area contributed by atoms with Gasteiger partial charge in [-0.25, -0.2) is 0 Å². The van der Waals surface area contributed by atoms with E-state index < -0.39 is 5.92 Å². The second-order valence-corrected chi connectivity index (χ2v) is 13.4. The summed E-state index contributed by atoms with van der Waals surface area (Å²) >= 11 is 6.41. The van der Waals surface area contributed by atoms with Crippen LogP contribution in [0.4, 0.5) is 0 Å². The maximum absolute atomic E-state index is 13.8. The summed E-state index contributed by atoms with van der Waals surface area (Å²) in [4.78, 5) is 27.6. The zero-order valence-electron chi connectivity index (χ0n) is 24.8. The van der Waals surface area contributed by atoms with E-state index in [0.29, 0.717) is 53.5 Å². The van der Waals surface area contributed by atoms with Gasteiger partial charge in [0.1, 0.15) is 6.61 Å². The Morgan fingerprint density at radius 2 is 1.54 bits per heavy atom. The molecule has 2 aromatic carbocycles. The van der Waals surface area contributed by atoms with Crippen LogP contribution in [-0.4, -0.2) is 18.2 Å². The van der Waals surface area contributed by atoms with Crippen LogP contribution in [0.2, 0.25) is 5.02 Å². The standard InChI is InChI=1S/C35H40ClNO4/c1-7-11-21-14-23(15-29(40-8-2)33(21)41-20-22-12-9-10-13-24(22)36)30-31-25(16-34(3,4)18-27(31)38)37-26-17-35(5,6)19-28(39)32(26)30/h7,9-10,12-15,30,37H,1,8,11,16-20H2,2-6H3. The zero-order valence-corrected chi connectivity index (χ0v) is 25.5. The van der Waals surface area contributed by atoms with Gasteiger partial charge in [-0.05, 0) is 54.7 Å². The third kappa shape index (κ3) is 5.88. The fourth-order valence-corrected chi connectivity index (χ4v) is 6.76. The number of rotatable bonds is 8. The highest BCUT2D eigenvalue weighted by molar-refractivity contribution is 6.31. The maximum atomic E-state index is 13.8. The Bertz CT molecular complexity index is 1430. The predicted molar refractivity (Wildman–Crippen MR) is 163 cm³/mol. The Hall–Kier alpha value is -3.31. The van der Waals surface area contributed by atoms with Crippen molar-refractivity contribution in [2.24, 2.45) is 10.8 Å². The van der Waals surface area contributed by atoms with Crippen LogP contribution in [0, 0.1) is 10.8 Å². The monoisotopic (exact) mass is 573 g/mol. The minimum absolute atomic E-state index is 0.0974. The molecule has 0 amide bonds. The minimum Gasteiger partial charge on any atom is -0.490 e. The fraction of sp³-hybridized carbons (Fsp3) is 0.429. The topological polar surface area (TPSA) is 64.6 Å². The Morgan fingerprint density at radius 1 is 0.927 bits per heavy atom. The van der Waals surface area contributed by atoms with E-state index in [9.17, 15) is 9.59 Å². The van der Waals surface area contributed by atoms with Crippen LogP contribution in [0.3, 0.4) is 0 Å². The quantitative estimate of drug-likeness (QED) is 0.324. The smallest absolute Gasteiger partial charge is 0.165 e. The van der Waals surface area contributed by atoms with Gasteiger partial charge >= 0.3 is 0 Å². The highest BCUT2D eigenvalue weighted by Gasteiger charge is 2.46. The van der Waals surface area contributed by atoms with E-state index in [-0.39, 0.29) is 29.0 Å². The van der Waals surface area contributed by atoms with E-state index in [1.807, 2.05) is 43.3 Å². The van der Waals surface area contributed by atoms with E-state index in [1.165, 1.54) is 0 Å². The lowest BCUT2D eigenvalue weighted by atomic mass is 9.64. The van der Waals surface area contributed by atoms with E-state index in [1.54, 1.807) is 0 Å². The van der Waals surface area contributed by atoms with Crippen LogP contribution in [0.1, 0.15) is 82.9 Å². The van der Waals surface area contributed by atoms with Crippen molar-refractivity contribution in [3.8, 4) is 11.5 Å². The number of Topliss-reactive ketones (excluding diaryl/α,β-unsaturated/α-hetero) is 2. The van der Waals surface area contributed by atoms with Gasteiger partial charge < -0.3 is 14.8 Å². The van der Waals surface area contributed by atoms with Crippen LogP contribution in [-0.2, 0) is 22.6 Å². The lowest BCUT2D eigenvalue weighted by Crippen LogP contribution is -2.42. The molecule has 0 saturated carbocycles. The summed E-state index contributed by atoms with van der Waals surface area (Å²) < 4.78 is 12.5. The molecule has 0 radical (unpaired) electrons. The summed E-state index contributed by atoms with van der Waals surface area (Å²) in [7, 11) is 0. The second kappa shape index (κ2) is 11.2. The van der Waals surface area contributed by atoms with Crippen LogP contribution in [0.15, 0.2) is 71.6 Å². The second-order valence-electron chi connectivity index (χ2n) is 13.0. The van der Waals surface area contributed by atoms with Crippen molar-refractivity contribution in [3.63, 3.8) is 0 Å². The van der Waals surface area contributed by atoms with Gasteiger partial charge in [-0.15, -0.1) is 6.58 Å². The molecule has 41 heavy (non-hydrogen) atoms. The molecule has 1 N–H and O–H groups in total. The van der Waals surface area contributed by atoms with Crippen molar-refractivity contribution in [1.29, 1.82) is 0 Å². The fourth-order valence-electron chi connectivity index (χ4n) is 6.57. The molecule has 0 saturated heterocycles. The van der Waals surface area contributed by atoms with E-state index >= 15 is 0 Å². The molecule has 0 fully saturated rings. The third-order valence-electron chi connectivity index (χ3n) is 8.20. The molecule has 1 aliphatic heterocycles. The summed E-state index contributed by atoms with van der Waals surface area (Å²) in [5.41, 5.74) is 5.66. The molecular formula is C35H40ClNO4. The number of halogens is 1.